The van der Waals surface area contributed by atoms with Crippen LogP contribution in [0.5, 0.6) is 0 Å². The van der Waals surface area contributed by atoms with Gasteiger partial charge in [-0.1, -0.05) is 33.0 Å². The fourth-order valence-corrected chi connectivity index (χ4v) is 2.31. The zero-order valence-electron chi connectivity index (χ0n) is 10.6. The number of rotatable bonds is 5. The van der Waals surface area contributed by atoms with Gasteiger partial charge in [0.15, 0.2) is 0 Å². The minimum absolute atomic E-state index is 0.0822. The molecule has 0 bridgehead atoms. The molecule has 1 heterocycles. The molecular weight excluding hydrogens is 220 g/mol. The third-order valence-corrected chi connectivity index (χ3v) is 4.43. The van der Waals surface area contributed by atoms with Gasteiger partial charge in [-0.25, -0.2) is 0 Å². The van der Waals surface area contributed by atoms with E-state index in [0.717, 1.165) is 19.5 Å². The average Bonchev–Trinajstić information content (AvgIpc) is 2.56. The van der Waals surface area contributed by atoms with Crippen LogP contribution in [0.3, 0.4) is 0 Å². The zero-order chi connectivity index (χ0) is 12.3. The molecule has 0 amide bonds. The summed E-state index contributed by atoms with van der Waals surface area (Å²) in [5, 5.41) is 9.35. The Morgan fingerprint density at radius 2 is 2.19 bits per heavy atom. The highest BCUT2D eigenvalue weighted by Crippen LogP contribution is 2.27. The van der Waals surface area contributed by atoms with Gasteiger partial charge in [0.1, 0.15) is 0 Å². The Morgan fingerprint density at radius 3 is 2.69 bits per heavy atom. The van der Waals surface area contributed by atoms with Crippen LogP contribution >= 0.6 is 12.2 Å². The highest BCUT2D eigenvalue weighted by molar-refractivity contribution is 7.80. The fourth-order valence-electron chi connectivity index (χ4n) is 2.21. The second-order valence-electron chi connectivity index (χ2n) is 5.55. The van der Waals surface area contributed by atoms with E-state index in [9.17, 15) is 5.11 Å². The molecule has 3 nitrogen and oxygen atoms in total. The number of likely N-dealkylation sites (tertiary alicyclic amines) is 1. The monoisotopic (exact) mass is 244 g/mol. The number of hydrogen-bond acceptors (Lipinski definition) is 3. The van der Waals surface area contributed by atoms with Gasteiger partial charge in [0.05, 0.1) is 11.6 Å². The van der Waals surface area contributed by atoms with Crippen molar-refractivity contribution < 1.29 is 5.11 Å². The zero-order valence-corrected chi connectivity index (χ0v) is 11.4. The van der Waals surface area contributed by atoms with Crippen LogP contribution in [-0.2, 0) is 0 Å². The number of aliphatic hydroxyl groups is 1. The van der Waals surface area contributed by atoms with Gasteiger partial charge in [0, 0.05) is 11.5 Å². The summed E-state index contributed by atoms with van der Waals surface area (Å²) in [6.07, 6.45) is 2.14. The first kappa shape index (κ1) is 13.9. The summed E-state index contributed by atoms with van der Waals surface area (Å²) in [6, 6.07) is 0.321. The number of aliphatic hydroxyl groups excluding tert-OH is 1. The average molecular weight is 244 g/mol. The molecule has 2 unspecified atom stereocenters. The van der Waals surface area contributed by atoms with Gasteiger partial charge in [-0.05, 0) is 31.8 Å². The molecule has 1 aliphatic heterocycles. The Bertz CT molecular complexity index is 255. The van der Waals surface area contributed by atoms with Crippen LogP contribution in [0.15, 0.2) is 0 Å². The third-order valence-electron chi connectivity index (χ3n) is 3.88. The lowest BCUT2D eigenvalue weighted by Crippen LogP contribution is -2.39. The van der Waals surface area contributed by atoms with E-state index in [2.05, 4.69) is 25.7 Å². The van der Waals surface area contributed by atoms with Gasteiger partial charge < -0.3 is 10.8 Å². The molecule has 1 aliphatic rings. The van der Waals surface area contributed by atoms with E-state index in [0.29, 0.717) is 16.9 Å². The number of hydrogen-bond donors (Lipinski definition) is 2. The minimum atomic E-state index is -0.0822. The van der Waals surface area contributed by atoms with E-state index >= 15 is 0 Å². The Labute approximate surface area is 104 Å². The molecule has 1 rings (SSSR count). The molecule has 4 heteroatoms. The summed E-state index contributed by atoms with van der Waals surface area (Å²) >= 11 is 5.06. The van der Waals surface area contributed by atoms with Gasteiger partial charge in [-0.15, -0.1) is 0 Å². The summed E-state index contributed by atoms with van der Waals surface area (Å²) < 4.78 is 0. The molecule has 0 radical (unpaired) electrons. The molecule has 0 spiro atoms. The van der Waals surface area contributed by atoms with Gasteiger partial charge >= 0.3 is 0 Å². The predicted octanol–water partition coefficient (Wildman–Crippen LogP) is 1.39. The second-order valence-corrected chi connectivity index (χ2v) is 5.99. The van der Waals surface area contributed by atoms with Crippen molar-refractivity contribution in [3.63, 3.8) is 0 Å². The molecule has 1 fully saturated rings. The van der Waals surface area contributed by atoms with Crippen molar-refractivity contribution >= 4 is 17.2 Å². The van der Waals surface area contributed by atoms with Crippen molar-refractivity contribution in [2.24, 2.45) is 17.1 Å². The molecule has 1 saturated heterocycles. The van der Waals surface area contributed by atoms with Gasteiger partial charge in [0.2, 0.25) is 0 Å². The summed E-state index contributed by atoms with van der Waals surface area (Å²) in [6.45, 7) is 8.69. The van der Waals surface area contributed by atoms with Crippen LogP contribution < -0.4 is 5.73 Å². The third kappa shape index (κ3) is 3.15. The van der Waals surface area contributed by atoms with E-state index in [-0.39, 0.29) is 12.0 Å². The van der Waals surface area contributed by atoms with E-state index in [1.165, 1.54) is 6.42 Å². The van der Waals surface area contributed by atoms with Gasteiger partial charge in [0.25, 0.3) is 0 Å². The highest BCUT2D eigenvalue weighted by Gasteiger charge is 2.32. The smallest absolute Gasteiger partial charge is 0.0784 e. The summed E-state index contributed by atoms with van der Waals surface area (Å²) in [5.41, 5.74) is 5.63. The Kier molecular flexibility index (Phi) is 4.71. The first-order valence-corrected chi connectivity index (χ1v) is 6.44. The topological polar surface area (TPSA) is 49.5 Å². The molecule has 94 valence electrons. The summed E-state index contributed by atoms with van der Waals surface area (Å²) in [5.74, 6) is 0.595. The van der Waals surface area contributed by atoms with E-state index in [1.807, 2.05) is 0 Å². The first-order chi connectivity index (χ1) is 7.38. The molecule has 16 heavy (non-hydrogen) atoms. The number of thiocarbonyl (C=S) groups is 1. The molecule has 0 aromatic heterocycles. The van der Waals surface area contributed by atoms with Crippen LogP contribution in [-0.4, -0.2) is 40.7 Å². The number of nitrogens with two attached hydrogens (primary N) is 1. The SMILES string of the molecule is CC1CCN(CCC(C)(C)C(N)=S)C1CO. The highest BCUT2D eigenvalue weighted by atomic mass is 32.1. The predicted molar refractivity (Wildman–Crippen MR) is 71.4 cm³/mol. The molecule has 0 aliphatic carbocycles. The standard InChI is InChI=1S/C12H24N2OS/c1-9-4-6-14(10(9)8-15)7-5-12(2,3)11(13)16/h9-10,15H,4-8H2,1-3H3,(H2,13,16). The van der Waals surface area contributed by atoms with Crippen molar-refractivity contribution in [2.45, 2.75) is 39.7 Å². The normalized spacial score (nSPS) is 27.2. The Morgan fingerprint density at radius 1 is 1.56 bits per heavy atom. The lowest BCUT2D eigenvalue weighted by atomic mass is 9.89. The van der Waals surface area contributed by atoms with Crippen molar-refractivity contribution in [2.75, 3.05) is 19.7 Å². The fraction of sp³-hybridized carbons (Fsp3) is 0.917. The van der Waals surface area contributed by atoms with Crippen LogP contribution in [0.2, 0.25) is 0 Å². The lowest BCUT2D eigenvalue weighted by Gasteiger charge is -2.30. The van der Waals surface area contributed by atoms with Crippen LogP contribution in [0, 0.1) is 11.3 Å². The molecule has 0 saturated carbocycles. The first-order valence-electron chi connectivity index (χ1n) is 6.03. The van der Waals surface area contributed by atoms with Gasteiger partial charge in [-0.2, -0.15) is 0 Å². The van der Waals surface area contributed by atoms with Crippen LogP contribution in [0.1, 0.15) is 33.6 Å². The molecular formula is C12H24N2OS. The Hall–Kier alpha value is -0.190. The van der Waals surface area contributed by atoms with E-state index < -0.39 is 0 Å². The summed E-state index contributed by atoms with van der Waals surface area (Å²) in [4.78, 5) is 2.95. The maximum Gasteiger partial charge on any atom is 0.0784 e. The maximum atomic E-state index is 9.35. The molecule has 0 aromatic carbocycles. The van der Waals surface area contributed by atoms with E-state index in [1.54, 1.807) is 0 Å². The van der Waals surface area contributed by atoms with Crippen molar-refractivity contribution in [3.8, 4) is 0 Å². The van der Waals surface area contributed by atoms with E-state index in [4.69, 9.17) is 18.0 Å². The molecule has 3 N–H and O–H groups in total. The molecule has 0 aromatic rings. The Balaban J connectivity index is 2.47. The van der Waals surface area contributed by atoms with Crippen molar-refractivity contribution in [1.29, 1.82) is 0 Å². The molecule has 2 atom stereocenters. The van der Waals surface area contributed by atoms with Crippen LogP contribution in [0.25, 0.3) is 0 Å². The van der Waals surface area contributed by atoms with Crippen molar-refractivity contribution in [1.82, 2.24) is 4.90 Å². The van der Waals surface area contributed by atoms with Crippen molar-refractivity contribution in [3.05, 3.63) is 0 Å². The maximum absolute atomic E-state index is 9.35. The van der Waals surface area contributed by atoms with Gasteiger partial charge in [-0.3, -0.25) is 4.90 Å². The van der Waals surface area contributed by atoms with Crippen LogP contribution in [0.4, 0.5) is 0 Å². The largest absolute Gasteiger partial charge is 0.395 e. The number of nitrogens with zero attached hydrogens (tertiary/aromatic N) is 1. The minimum Gasteiger partial charge on any atom is -0.395 e. The second kappa shape index (κ2) is 5.43. The quantitative estimate of drug-likeness (QED) is 0.718. The lowest BCUT2D eigenvalue weighted by molar-refractivity contribution is 0.132. The summed E-state index contributed by atoms with van der Waals surface area (Å²) in [7, 11) is 0.